The molecule has 28 rings (SSSR count). The summed E-state index contributed by atoms with van der Waals surface area (Å²) in [6, 6.07) is 169. The summed E-state index contributed by atoms with van der Waals surface area (Å²) >= 11 is 0. The second kappa shape index (κ2) is 34.4. The Morgan fingerprint density at radius 1 is 0.129 bits per heavy atom. The molecule has 648 valence electrons. The topological polar surface area (TPSA) is 117 Å². The van der Waals surface area contributed by atoms with Crippen molar-refractivity contribution in [2.45, 2.75) is 0 Å². The normalized spacial score (nSPS) is 11.6. The van der Waals surface area contributed by atoms with Crippen LogP contribution in [0.4, 0.5) is 0 Å². The molecule has 0 radical (unpaired) electrons. The van der Waals surface area contributed by atoms with Crippen molar-refractivity contribution in [3.05, 3.63) is 485 Å². The molecule has 9 heteroatoms. The maximum absolute atomic E-state index is 6.26. The standard InChI is InChI=1S/C46H28N2O.2C42H26N2O/c1-3-13-29(14-4-1)44-45(30-15-5-2-6-16-30)48-46-38-22-11-20-33(36(38)27-28-40(46)47-44)34-25-26-35(32-18-8-7-17-31(32)34)37-21-12-24-42-43(37)39-19-9-10-23-41(39)49-42;1-3-13-27(14-4-1)40-41(28-15-5-2-6-16-28)44-42-34-22-11-20-30(32(34)25-26-36(42)43-40)29-17-7-8-18-31(29)33-21-12-24-38-39(33)35-19-9-10-23-37(35)45-38;1-3-10-29(11-4-1)40-41(30-12-5-2-6-13-30)44-42-34-24-22-31(26-32(34)23-25-36(42)43-40)27-18-20-28(21-19-27)33-15-9-17-38-39(33)35-14-7-8-16-37(35)45-38/h1-28H;2*1-26H. The van der Waals surface area contributed by atoms with Crippen LogP contribution in [0.25, 0.3) is 276 Å². The van der Waals surface area contributed by atoms with Gasteiger partial charge in [-0.1, -0.05) is 425 Å². The van der Waals surface area contributed by atoms with E-state index in [1.54, 1.807) is 0 Å². The Balaban J connectivity index is 0.000000108. The van der Waals surface area contributed by atoms with Crippen LogP contribution in [0.1, 0.15) is 0 Å². The molecule has 0 bridgehead atoms. The van der Waals surface area contributed by atoms with Crippen molar-refractivity contribution in [3.63, 3.8) is 0 Å². The zero-order valence-electron chi connectivity index (χ0n) is 75.1. The van der Waals surface area contributed by atoms with Gasteiger partial charge < -0.3 is 13.3 Å². The van der Waals surface area contributed by atoms with Crippen molar-refractivity contribution in [3.8, 4) is 134 Å². The number of nitrogens with zero attached hydrogens (tertiary/aromatic N) is 6. The van der Waals surface area contributed by atoms with Gasteiger partial charge in [-0.3, -0.25) is 0 Å². The van der Waals surface area contributed by atoms with E-state index >= 15 is 0 Å². The van der Waals surface area contributed by atoms with E-state index in [2.05, 4.69) is 382 Å². The molecule has 9 nitrogen and oxygen atoms in total. The van der Waals surface area contributed by atoms with Gasteiger partial charge in [0.1, 0.15) is 33.5 Å². The molecule has 28 aromatic rings. The van der Waals surface area contributed by atoms with Crippen molar-refractivity contribution in [1.29, 1.82) is 0 Å². The van der Waals surface area contributed by atoms with Gasteiger partial charge in [0.25, 0.3) is 0 Å². The Labute approximate surface area is 799 Å². The van der Waals surface area contributed by atoms with Gasteiger partial charge >= 0.3 is 0 Å². The van der Waals surface area contributed by atoms with Crippen molar-refractivity contribution in [2.75, 3.05) is 0 Å². The summed E-state index contributed by atoms with van der Waals surface area (Å²) in [5.41, 5.74) is 36.4. The zero-order chi connectivity index (χ0) is 91.8. The highest BCUT2D eigenvalue weighted by Crippen LogP contribution is 2.49. The third-order valence-corrected chi connectivity index (χ3v) is 27.1. The van der Waals surface area contributed by atoms with Gasteiger partial charge in [0.2, 0.25) is 0 Å². The molecule has 6 aromatic heterocycles. The third kappa shape index (κ3) is 14.4. The summed E-state index contributed by atoms with van der Waals surface area (Å²) in [4.78, 5) is 31.6. The minimum atomic E-state index is 0.876. The lowest BCUT2D eigenvalue weighted by Crippen LogP contribution is -1.96. The predicted molar refractivity (Wildman–Crippen MR) is 576 cm³/mol. The Hall–Kier alpha value is -18.7. The second-order valence-electron chi connectivity index (χ2n) is 35.2. The molecule has 139 heavy (non-hydrogen) atoms. The fourth-order valence-electron chi connectivity index (χ4n) is 20.6. The van der Waals surface area contributed by atoms with Crippen molar-refractivity contribution >= 4 is 142 Å². The molecule has 22 aromatic carbocycles. The van der Waals surface area contributed by atoms with Crippen LogP contribution in [0.2, 0.25) is 0 Å². The van der Waals surface area contributed by atoms with Gasteiger partial charge in [-0.2, -0.15) is 0 Å². The average Bonchev–Trinajstić information content (AvgIpc) is 1.70. The second-order valence-corrected chi connectivity index (χ2v) is 35.2. The van der Waals surface area contributed by atoms with Crippen LogP contribution in [-0.4, -0.2) is 29.9 Å². The molecule has 0 unspecified atom stereocenters. The summed E-state index contributed by atoms with van der Waals surface area (Å²) in [6.07, 6.45) is 0. The highest BCUT2D eigenvalue weighted by molar-refractivity contribution is 6.21. The minimum absolute atomic E-state index is 0.876. The predicted octanol–water partition coefficient (Wildman–Crippen LogP) is 35.2. The van der Waals surface area contributed by atoms with Crippen LogP contribution in [0.15, 0.2) is 499 Å². The fourth-order valence-corrected chi connectivity index (χ4v) is 20.6. The van der Waals surface area contributed by atoms with Crippen molar-refractivity contribution < 1.29 is 13.3 Å². The van der Waals surface area contributed by atoms with Crippen LogP contribution in [0, 0.1) is 0 Å². The minimum Gasteiger partial charge on any atom is -0.456 e. The van der Waals surface area contributed by atoms with Crippen molar-refractivity contribution in [2.24, 2.45) is 0 Å². The summed E-state index contributed by atoms with van der Waals surface area (Å²) in [7, 11) is 0. The third-order valence-electron chi connectivity index (χ3n) is 27.1. The van der Waals surface area contributed by atoms with Gasteiger partial charge in [0, 0.05) is 81.9 Å². The molecule has 0 aliphatic carbocycles. The summed E-state index contributed by atoms with van der Waals surface area (Å²) < 4.78 is 18.6. The summed E-state index contributed by atoms with van der Waals surface area (Å²) in [6.45, 7) is 0. The lowest BCUT2D eigenvalue weighted by Gasteiger charge is -2.16. The van der Waals surface area contributed by atoms with E-state index in [1.165, 1.54) is 49.7 Å². The SMILES string of the molecule is c1ccc(-c2nc3ccc4c(-c5ccc(-c6cccc7oc8ccccc8c67)c6ccccc56)cccc4c3nc2-c2ccccc2)cc1.c1ccc(-c2nc3ccc4c(-c5ccccc5-c5cccc6oc7ccccc7c56)cccc4c3nc2-c2ccccc2)cc1.c1ccc(-c2nc3ccc4cc(-c5ccc(-c6cccc7oc8ccccc8c67)cc5)ccc4c3nc2-c2ccccc2)cc1. The number of fused-ring (bicyclic) bond motifs is 19. The molecule has 0 aliphatic rings. The molecular weight excluding hydrogens is 1690 g/mol. The highest BCUT2D eigenvalue weighted by Gasteiger charge is 2.25. The van der Waals surface area contributed by atoms with Crippen LogP contribution in [-0.2, 0) is 0 Å². The van der Waals surface area contributed by atoms with Crippen LogP contribution < -0.4 is 0 Å². The Morgan fingerprint density at radius 3 is 0.799 bits per heavy atom. The number of furan rings is 3. The fraction of sp³-hybridized carbons (Fsp3) is 0. The largest absolute Gasteiger partial charge is 0.456 e. The quantitative estimate of drug-likeness (QED) is 0.110. The molecule has 0 saturated heterocycles. The van der Waals surface area contributed by atoms with E-state index in [-0.39, 0.29) is 0 Å². The maximum atomic E-state index is 6.26. The summed E-state index contributed by atoms with van der Waals surface area (Å²) in [5.74, 6) is 0. The first kappa shape index (κ1) is 81.1. The highest BCUT2D eigenvalue weighted by atomic mass is 16.3. The Morgan fingerprint density at radius 2 is 0.381 bits per heavy atom. The first-order chi connectivity index (χ1) is 68.9. The molecule has 0 N–H and O–H groups in total. The van der Waals surface area contributed by atoms with Gasteiger partial charge in [-0.15, -0.1) is 0 Å². The van der Waals surface area contributed by atoms with E-state index in [9.17, 15) is 0 Å². The van der Waals surface area contributed by atoms with Crippen LogP contribution in [0.5, 0.6) is 0 Å². The average molecular weight is 1770 g/mol. The molecule has 6 heterocycles. The molecule has 0 spiro atoms. The lowest BCUT2D eigenvalue weighted by atomic mass is 9.89. The van der Waals surface area contributed by atoms with E-state index in [0.29, 0.717) is 0 Å². The van der Waals surface area contributed by atoms with Crippen LogP contribution in [0.3, 0.4) is 0 Å². The first-order valence-corrected chi connectivity index (χ1v) is 46.9. The van der Waals surface area contributed by atoms with E-state index in [0.717, 1.165) is 227 Å². The van der Waals surface area contributed by atoms with E-state index in [1.807, 2.05) is 103 Å². The Kier molecular flexibility index (Phi) is 20.1. The molecular formula is C130H80N6O3. The van der Waals surface area contributed by atoms with E-state index < -0.39 is 0 Å². The smallest absolute Gasteiger partial charge is 0.136 e. The van der Waals surface area contributed by atoms with E-state index in [4.69, 9.17) is 43.2 Å². The Bertz CT molecular complexity index is 9690. The van der Waals surface area contributed by atoms with Gasteiger partial charge in [0.15, 0.2) is 0 Å². The number of para-hydroxylation sites is 3. The lowest BCUT2D eigenvalue weighted by molar-refractivity contribution is 0.668. The molecule has 0 amide bonds. The number of hydrogen-bond acceptors (Lipinski definition) is 9. The molecule has 0 atom stereocenters. The van der Waals surface area contributed by atoms with Crippen molar-refractivity contribution in [1.82, 2.24) is 29.9 Å². The number of rotatable bonds is 12. The maximum Gasteiger partial charge on any atom is 0.136 e. The molecule has 0 fully saturated rings. The van der Waals surface area contributed by atoms with Gasteiger partial charge in [-0.05, 0) is 154 Å². The van der Waals surface area contributed by atoms with Crippen LogP contribution >= 0.6 is 0 Å². The zero-order valence-corrected chi connectivity index (χ0v) is 75.1. The first-order valence-electron chi connectivity index (χ1n) is 46.9. The monoisotopic (exact) mass is 1770 g/mol. The number of hydrogen-bond donors (Lipinski definition) is 0. The van der Waals surface area contributed by atoms with Gasteiger partial charge in [-0.25, -0.2) is 29.9 Å². The summed E-state index contributed by atoms with van der Waals surface area (Å²) in [5, 5.41) is 15.9. The van der Waals surface area contributed by atoms with Gasteiger partial charge in [0.05, 0.1) is 67.3 Å². The molecule has 0 aliphatic heterocycles. The number of benzene rings is 22. The molecule has 0 saturated carbocycles. The number of aromatic nitrogens is 6.